The van der Waals surface area contributed by atoms with Gasteiger partial charge in [-0.05, 0) is 61.5 Å². The van der Waals surface area contributed by atoms with E-state index in [0.717, 1.165) is 4.31 Å². The molecule has 0 bridgehead atoms. The summed E-state index contributed by atoms with van der Waals surface area (Å²) >= 11 is 0. The first kappa shape index (κ1) is 24.0. The Hall–Kier alpha value is -4.18. The second-order valence-electron chi connectivity index (χ2n) is 7.87. The van der Waals surface area contributed by atoms with Gasteiger partial charge >= 0.3 is 0 Å². The van der Waals surface area contributed by atoms with E-state index in [1.807, 2.05) is 6.07 Å². The normalized spacial score (nSPS) is 11.3. The number of rotatable bonds is 6. The number of halogens is 1. The molecule has 10 heteroatoms. The maximum atomic E-state index is 13.5. The van der Waals surface area contributed by atoms with Gasteiger partial charge in [-0.2, -0.15) is 0 Å². The number of carbonyl (C=O) groups is 1. The first-order valence-corrected chi connectivity index (χ1v) is 12.0. The molecule has 1 heterocycles. The number of carbonyl (C=O) groups excluding carboxylic acids is 1. The maximum Gasteiger partial charge on any atom is 0.296 e. The summed E-state index contributed by atoms with van der Waals surface area (Å²) in [6, 6.07) is 19.6. The summed E-state index contributed by atoms with van der Waals surface area (Å²) in [7, 11) is -1.20. The van der Waals surface area contributed by atoms with Gasteiger partial charge in [0, 0.05) is 25.3 Å². The van der Waals surface area contributed by atoms with Crippen molar-refractivity contribution in [3.8, 4) is 5.69 Å². The minimum absolute atomic E-state index is 0.00230. The molecule has 4 aromatic rings. The number of nitrogens with zero attached hydrogens (tertiary/aromatic N) is 3. The third kappa shape index (κ3) is 4.47. The van der Waals surface area contributed by atoms with Crippen molar-refractivity contribution in [3.63, 3.8) is 0 Å². The number of para-hydroxylation sites is 1. The minimum atomic E-state index is -4.18. The van der Waals surface area contributed by atoms with Crippen molar-refractivity contribution in [1.29, 1.82) is 0 Å². The summed E-state index contributed by atoms with van der Waals surface area (Å²) in [4.78, 5) is 25.8. The van der Waals surface area contributed by atoms with Crippen LogP contribution >= 0.6 is 0 Å². The third-order valence-corrected chi connectivity index (χ3v) is 7.45. The van der Waals surface area contributed by atoms with E-state index in [1.54, 1.807) is 42.9 Å². The van der Waals surface area contributed by atoms with Crippen LogP contribution < -0.4 is 15.2 Å². The van der Waals surface area contributed by atoms with Crippen molar-refractivity contribution in [1.82, 2.24) is 9.36 Å². The summed E-state index contributed by atoms with van der Waals surface area (Å²) in [6.45, 7) is 1.66. The summed E-state index contributed by atoms with van der Waals surface area (Å²) in [5, 5.41) is 2.60. The van der Waals surface area contributed by atoms with Crippen molar-refractivity contribution in [2.75, 3.05) is 16.7 Å². The molecule has 0 unspecified atom stereocenters. The molecule has 35 heavy (non-hydrogen) atoms. The van der Waals surface area contributed by atoms with Crippen LogP contribution in [0.25, 0.3) is 5.69 Å². The SMILES string of the molecule is Cc1c(N(C)S(=O)(=O)c2cccc(C(=O)Nc3ccc(F)cc3)c2)c(=O)n(-c2ccccc2)n1C. The molecule has 0 fully saturated rings. The molecule has 3 aromatic carbocycles. The topological polar surface area (TPSA) is 93.4 Å². The molecular weight excluding hydrogens is 471 g/mol. The Bertz CT molecular complexity index is 1560. The Labute approximate surface area is 201 Å². The van der Waals surface area contributed by atoms with Gasteiger partial charge in [0.15, 0.2) is 0 Å². The van der Waals surface area contributed by atoms with Gasteiger partial charge in [0.25, 0.3) is 21.5 Å². The zero-order valence-corrected chi connectivity index (χ0v) is 20.1. The van der Waals surface area contributed by atoms with Gasteiger partial charge in [0.05, 0.1) is 16.3 Å². The molecule has 0 spiro atoms. The van der Waals surface area contributed by atoms with Gasteiger partial charge in [-0.15, -0.1) is 0 Å². The number of hydrogen-bond acceptors (Lipinski definition) is 4. The lowest BCUT2D eigenvalue weighted by atomic mass is 10.2. The molecule has 0 aliphatic rings. The predicted octanol–water partition coefficient (Wildman–Crippen LogP) is 3.70. The van der Waals surface area contributed by atoms with Crippen LogP contribution in [0.1, 0.15) is 16.1 Å². The summed E-state index contributed by atoms with van der Waals surface area (Å²) in [6.07, 6.45) is 0. The smallest absolute Gasteiger partial charge is 0.296 e. The first-order chi connectivity index (χ1) is 16.6. The summed E-state index contributed by atoms with van der Waals surface area (Å²) in [5.41, 5.74) is 1.01. The van der Waals surface area contributed by atoms with E-state index < -0.39 is 27.3 Å². The number of sulfonamides is 1. The Morgan fingerprint density at radius 2 is 1.63 bits per heavy atom. The minimum Gasteiger partial charge on any atom is -0.322 e. The van der Waals surface area contributed by atoms with Crippen LogP contribution in [0.4, 0.5) is 15.8 Å². The Balaban J connectivity index is 1.69. The second-order valence-corrected chi connectivity index (χ2v) is 9.84. The Morgan fingerprint density at radius 1 is 0.971 bits per heavy atom. The van der Waals surface area contributed by atoms with E-state index in [9.17, 15) is 22.4 Å². The highest BCUT2D eigenvalue weighted by Crippen LogP contribution is 2.24. The van der Waals surface area contributed by atoms with Crippen LogP contribution in [0.2, 0.25) is 0 Å². The lowest BCUT2D eigenvalue weighted by Crippen LogP contribution is -2.32. The molecular formula is C25H23FN4O4S. The highest BCUT2D eigenvalue weighted by Gasteiger charge is 2.29. The molecule has 1 N–H and O–H groups in total. The van der Waals surface area contributed by atoms with E-state index in [-0.39, 0.29) is 16.1 Å². The van der Waals surface area contributed by atoms with Gasteiger partial charge in [0.2, 0.25) is 0 Å². The van der Waals surface area contributed by atoms with Crippen molar-refractivity contribution in [2.24, 2.45) is 7.05 Å². The van der Waals surface area contributed by atoms with Gasteiger partial charge < -0.3 is 5.32 Å². The van der Waals surface area contributed by atoms with Gasteiger partial charge in [0.1, 0.15) is 11.5 Å². The van der Waals surface area contributed by atoms with Crippen LogP contribution in [0.15, 0.2) is 88.6 Å². The Kier molecular flexibility index (Phi) is 6.31. The van der Waals surface area contributed by atoms with Crippen molar-refractivity contribution in [3.05, 3.63) is 106 Å². The summed E-state index contributed by atoms with van der Waals surface area (Å²) < 4.78 is 43.9. The second kappa shape index (κ2) is 9.22. The molecule has 0 aliphatic carbocycles. The van der Waals surface area contributed by atoms with Crippen molar-refractivity contribution >= 4 is 27.3 Å². The van der Waals surface area contributed by atoms with Crippen molar-refractivity contribution < 1.29 is 17.6 Å². The monoisotopic (exact) mass is 494 g/mol. The lowest BCUT2D eigenvalue weighted by molar-refractivity contribution is 0.102. The van der Waals surface area contributed by atoms with E-state index >= 15 is 0 Å². The molecule has 1 aromatic heterocycles. The average Bonchev–Trinajstić information content (AvgIpc) is 3.08. The zero-order chi connectivity index (χ0) is 25.3. The quantitative estimate of drug-likeness (QED) is 0.442. The largest absolute Gasteiger partial charge is 0.322 e. The average molecular weight is 495 g/mol. The van der Waals surface area contributed by atoms with Crippen LogP contribution in [0.5, 0.6) is 0 Å². The van der Waals surface area contributed by atoms with E-state index in [1.165, 1.54) is 60.3 Å². The predicted molar refractivity (Wildman–Crippen MR) is 132 cm³/mol. The van der Waals surface area contributed by atoms with Crippen molar-refractivity contribution in [2.45, 2.75) is 11.8 Å². The highest BCUT2D eigenvalue weighted by molar-refractivity contribution is 7.92. The maximum absolute atomic E-state index is 13.5. The molecule has 0 atom stereocenters. The number of amides is 1. The molecule has 180 valence electrons. The third-order valence-electron chi connectivity index (χ3n) is 5.70. The lowest BCUT2D eigenvalue weighted by Gasteiger charge is -2.18. The van der Waals surface area contributed by atoms with Crippen LogP contribution in [0.3, 0.4) is 0 Å². The molecule has 1 amide bonds. The van der Waals surface area contributed by atoms with E-state index in [0.29, 0.717) is 17.1 Å². The molecule has 0 saturated heterocycles. The van der Waals surface area contributed by atoms with E-state index in [4.69, 9.17) is 0 Å². The molecule has 0 radical (unpaired) electrons. The van der Waals surface area contributed by atoms with Gasteiger partial charge in [-0.3, -0.25) is 18.6 Å². The van der Waals surface area contributed by atoms with Crippen LogP contribution in [-0.4, -0.2) is 30.7 Å². The molecule has 0 aliphatic heterocycles. The zero-order valence-electron chi connectivity index (χ0n) is 19.3. The number of aromatic nitrogens is 2. The number of anilines is 2. The van der Waals surface area contributed by atoms with Gasteiger partial charge in [-0.1, -0.05) is 24.3 Å². The fourth-order valence-corrected chi connectivity index (χ4v) is 5.02. The van der Waals surface area contributed by atoms with Gasteiger partial charge in [-0.25, -0.2) is 17.5 Å². The highest BCUT2D eigenvalue weighted by atomic mass is 32.2. The van der Waals surface area contributed by atoms with E-state index in [2.05, 4.69) is 5.32 Å². The fraction of sp³-hybridized carbons (Fsp3) is 0.120. The molecule has 0 saturated carbocycles. The van der Waals surface area contributed by atoms with Crippen LogP contribution in [-0.2, 0) is 17.1 Å². The Morgan fingerprint density at radius 3 is 2.29 bits per heavy atom. The number of benzene rings is 3. The van der Waals surface area contributed by atoms with Crippen LogP contribution in [0, 0.1) is 12.7 Å². The summed E-state index contributed by atoms with van der Waals surface area (Å²) in [5.74, 6) is -1.000. The number of hydrogen-bond donors (Lipinski definition) is 1. The standard InChI is InChI=1S/C25H23FN4O4S/c1-17-23(25(32)30(28(17)2)21-9-5-4-6-10-21)29(3)35(33,34)22-11-7-8-18(16-22)24(31)27-20-14-12-19(26)13-15-20/h4-16H,1-3H3,(H,27,31). The molecule has 8 nitrogen and oxygen atoms in total. The first-order valence-electron chi connectivity index (χ1n) is 10.6. The number of nitrogens with one attached hydrogen (secondary N) is 1. The fourth-order valence-electron chi connectivity index (χ4n) is 3.73. The molecule has 4 rings (SSSR count).